The van der Waals surface area contributed by atoms with Crippen molar-refractivity contribution in [3.63, 3.8) is 0 Å². The molecule has 0 aliphatic carbocycles. The number of hydrogen-bond acceptors (Lipinski definition) is 5. The van der Waals surface area contributed by atoms with Crippen LogP contribution in [0, 0.1) is 5.92 Å². The summed E-state index contributed by atoms with van der Waals surface area (Å²) >= 11 is 1.44. The molecule has 1 aromatic rings. The van der Waals surface area contributed by atoms with Crippen molar-refractivity contribution in [2.24, 2.45) is 5.92 Å². The molecular formula is C14H23N3O2S. The lowest BCUT2D eigenvalue weighted by Crippen LogP contribution is -2.21. The van der Waals surface area contributed by atoms with Crippen LogP contribution < -0.4 is 15.4 Å². The minimum absolute atomic E-state index is 0.0664. The number of methoxy groups -OCH3 is 1. The van der Waals surface area contributed by atoms with Gasteiger partial charge in [0, 0.05) is 27.2 Å². The molecule has 1 aliphatic heterocycles. The zero-order chi connectivity index (χ0) is 14.9. The second-order valence-corrected chi connectivity index (χ2v) is 6.39. The molecule has 2 heterocycles. The molecule has 5 nitrogen and oxygen atoms in total. The highest BCUT2D eigenvalue weighted by atomic mass is 32.1. The van der Waals surface area contributed by atoms with Gasteiger partial charge in [0.2, 0.25) is 0 Å². The van der Waals surface area contributed by atoms with E-state index in [-0.39, 0.29) is 5.91 Å². The average Bonchev–Trinajstić information content (AvgIpc) is 3.01. The number of thiophene rings is 1. The van der Waals surface area contributed by atoms with E-state index in [4.69, 9.17) is 10.5 Å². The number of amides is 1. The fourth-order valence-electron chi connectivity index (χ4n) is 2.53. The van der Waals surface area contributed by atoms with Crippen LogP contribution in [0.3, 0.4) is 0 Å². The maximum absolute atomic E-state index is 12.2. The van der Waals surface area contributed by atoms with E-state index in [0.717, 1.165) is 24.0 Å². The molecule has 1 unspecified atom stereocenters. The summed E-state index contributed by atoms with van der Waals surface area (Å²) in [6.07, 6.45) is 2.37. The predicted octanol–water partition coefficient (Wildman–Crippen LogP) is 2.28. The zero-order valence-corrected chi connectivity index (χ0v) is 13.4. The van der Waals surface area contributed by atoms with Gasteiger partial charge in [-0.1, -0.05) is 13.3 Å². The van der Waals surface area contributed by atoms with Crippen molar-refractivity contribution in [3.05, 3.63) is 4.88 Å². The molecule has 0 saturated carbocycles. The van der Waals surface area contributed by atoms with Crippen molar-refractivity contribution in [2.45, 2.75) is 19.8 Å². The first-order valence-corrected chi connectivity index (χ1v) is 7.74. The summed E-state index contributed by atoms with van der Waals surface area (Å²) in [4.78, 5) is 16.6. The van der Waals surface area contributed by atoms with E-state index in [0.29, 0.717) is 16.3 Å². The molecule has 2 N–H and O–H groups in total. The minimum Gasteiger partial charge on any atom is -0.492 e. The Labute approximate surface area is 124 Å². The van der Waals surface area contributed by atoms with Gasteiger partial charge in [0.1, 0.15) is 15.6 Å². The molecule has 20 heavy (non-hydrogen) atoms. The molecule has 1 aliphatic rings. The number of rotatable bonds is 4. The standard InChI is InChI=1S/C14H23N3O2S/c1-5-9-6-7-17(8-9)14-11(19-4)10(15)12(20-14)13(18)16(2)3/h9H,5-8,15H2,1-4H3. The first-order chi connectivity index (χ1) is 9.49. The summed E-state index contributed by atoms with van der Waals surface area (Å²) in [5.74, 6) is 1.30. The van der Waals surface area contributed by atoms with Gasteiger partial charge in [-0.15, -0.1) is 11.3 Å². The number of nitrogen functional groups attached to an aromatic ring is 1. The molecule has 1 saturated heterocycles. The summed E-state index contributed by atoms with van der Waals surface area (Å²) in [5, 5.41) is 0.992. The summed E-state index contributed by atoms with van der Waals surface area (Å²) in [5.41, 5.74) is 6.56. The molecular weight excluding hydrogens is 274 g/mol. The van der Waals surface area contributed by atoms with E-state index in [1.54, 1.807) is 26.1 Å². The lowest BCUT2D eigenvalue weighted by atomic mass is 10.1. The van der Waals surface area contributed by atoms with Crippen molar-refractivity contribution in [3.8, 4) is 5.75 Å². The van der Waals surface area contributed by atoms with Gasteiger partial charge in [0.05, 0.1) is 7.11 Å². The quantitative estimate of drug-likeness (QED) is 0.926. The Morgan fingerprint density at radius 1 is 1.55 bits per heavy atom. The molecule has 112 valence electrons. The van der Waals surface area contributed by atoms with Crippen molar-refractivity contribution >= 4 is 27.9 Å². The van der Waals surface area contributed by atoms with Crippen molar-refractivity contribution in [1.82, 2.24) is 4.90 Å². The molecule has 0 radical (unpaired) electrons. The molecule has 2 rings (SSSR count). The van der Waals surface area contributed by atoms with Crippen LogP contribution in [0.1, 0.15) is 29.4 Å². The summed E-state index contributed by atoms with van der Waals surface area (Å²) in [7, 11) is 5.08. The number of nitrogens with two attached hydrogens (primary N) is 1. The average molecular weight is 297 g/mol. The number of hydrogen-bond donors (Lipinski definition) is 1. The van der Waals surface area contributed by atoms with Crippen LogP contribution in [0.25, 0.3) is 0 Å². The summed E-state index contributed by atoms with van der Waals surface area (Å²) in [6, 6.07) is 0. The van der Waals surface area contributed by atoms with E-state index in [1.165, 1.54) is 24.2 Å². The third kappa shape index (κ3) is 2.57. The molecule has 0 bridgehead atoms. The highest BCUT2D eigenvalue weighted by Crippen LogP contribution is 2.46. The first kappa shape index (κ1) is 15.0. The van der Waals surface area contributed by atoms with Gasteiger partial charge in [-0.2, -0.15) is 0 Å². The number of nitrogens with zero attached hydrogens (tertiary/aromatic N) is 2. The molecule has 1 atom stereocenters. The van der Waals surface area contributed by atoms with Crippen LogP contribution in [0.15, 0.2) is 0 Å². The normalized spacial score (nSPS) is 18.4. The van der Waals surface area contributed by atoms with E-state index in [1.807, 2.05) is 0 Å². The van der Waals surface area contributed by atoms with Crippen LogP contribution in [0.5, 0.6) is 5.75 Å². The second kappa shape index (κ2) is 5.91. The molecule has 0 aromatic carbocycles. The van der Waals surface area contributed by atoms with Crippen LogP contribution in [-0.4, -0.2) is 45.1 Å². The predicted molar refractivity (Wildman–Crippen MR) is 83.9 cm³/mol. The van der Waals surface area contributed by atoms with Crippen LogP contribution >= 0.6 is 11.3 Å². The van der Waals surface area contributed by atoms with Crippen molar-refractivity contribution in [1.29, 1.82) is 0 Å². The van der Waals surface area contributed by atoms with Gasteiger partial charge in [-0.25, -0.2) is 0 Å². The number of carbonyl (C=O) groups is 1. The second-order valence-electron chi connectivity index (χ2n) is 5.39. The maximum Gasteiger partial charge on any atom is 0.265 e. The molecule has 1 amide bonds. The molecule has 0 spiro atoms. The van der Waals surface area contributed by atoms with E-state index < -0.39 is 0 Å². The maximum atomic E-state index is 12.2. The molecule has 1 fully saturated rings. The van der Waals surface area contributed by atoms with Gasteiger partial charge in [0.15, 0.2) is 5.75 Å². The largest absolute Gasteiger partial charge is 0.492 e. The minimum atomic E-state index is -0.0664. The van der Waals surface area contributed by atoms with Gasteiger partial charge in [-0.05, 0) is 12.3 Å². The van der Waals surface area contributed by atoms with E-state index in [9.17, 15) is 4.79 Å². The molecule has 6 heteroatoms. The Morgan fingerprint density at radius 3 is 2.75 bits per heavy atom. The van der Waals surface area contributed by atoms with Crippen LogP contribution in [0.4, 0.5) is 10.7 Å². The zero-order valence-electron chi connectivity index (χ0n) is 12.6. The monoisotopic (exact) mass is 297 g/mol. The van der Waals surface area contributed by atoms with Crippen molar-refractivity contribution < 1.29 is 9.53 Å². The van der Waals surface area contributed by atoms with Crippen LogP contribution in [-0.2, 0) is 0 Å². The van der Waals surface area contributed by atoms with Crippen LogP contribution in [0.2, 0.25) is 0 Å². The first-order valence-electron chi connectivity index (χ1n) is 6.92. The van der Waals surface area contributed by atoms with Gasteiger partial charge in [0.25, 0.3) is 5.91 Å². The third-order valence-electron chi connectivity index (χ3n) is 3.84. The highest BCUT2D eigenvalue weighted by Gasteiger charge is 2.29. The lowest BCUT2D eigenvalue weighted by molar-refractivity contribution is 0.0833. The SMILES string of the molecule is CCC1CCN(c2sc(C(=O)N(C)C)c(N)c2OC)C1. The fourth-order valence-corrected chi connectivity index (χ4v) is 3.78. The van der Waals surface area contributed by atoms with Crippen molar-refractivity contribution in [2.75, 3.05) is 44.9 Å². The topological polar surface area (TPSA) is 58.8 Å². The Kier molecular flexibility index (Phi) is 4.42. The Hall–Kier alpha value is -1.43. The number of ether oxygens (including phenoxy) is 1. The Bertz CT molecular complexity index is 499. The van der Waals surface area contributed by atoms with E-state index >= 15 is 0 Å². The lowest BCUT2D eigenvalue weighted by Gasteiger charge is -2.17. The van der Waals surface area contributed by atoms with Gasteiger partial charge < -0.3 is 20.3 Å². The number of carbonyl (C=O) groups excluding carboxylic acids is 1. The fraction of sp³-hybridized carbons (Fsp3) is 0.643. The number of anilines is 2. The highest BCUT2D eigenvalue weighted by molar-refractivity contribution is 7.19. The molecule has 1 aromatic heterocycles. The summed E-state index contributed by atoms with van der Waals surface area (Å²) < 4.78 is 5.44. The van der Waals surface area contributed by atoms with Gasteiger partial charge >= 0.3 is 0 Å². The Morgan fingerprint density at radius 2 is 2.25 bits per heavy atom. The van der Waals surface area contributed by atoms with E-state index in [2.05, 4.69) is 11.8 Å². The Balaban J connectivity index is 2.34. The third-order valence-corrected chi connectivity index (χ3v) is 5.07. The summed E-state index contributed by atoms with van der Waals surface area (Å²) in [6.45, 7) is 4.24. The van der Waals surface area contributed by atoms with Gasteiger partial charge in [-0.3, -0.25) is 4.79 Å². The smallest absolute Gasteiger partial charge is 0.265 e.